The number of nitrogens with one attached hydrogen (secondary N) is 1. The maximum atomic E-state index is 11.9. The van der Waals surface area contributed by atoms with Gasteiger partial charge in [0.05, 0.1) is 12.5 Å². The van der Waals surface area contributed by atoms with Crippen LogP contribution < -0.4 is 5.32 Å². The molecule has 1 aliphatic rings. The molecule has 0 aliphatic carbocycles. The maximum Gasteiger partial charge on any atom is 0.317 e. The van der Waals surface area contributed by atoms with Crippen LogP contribution >= 0.6 is 0 Å². The third kappa shape index (κ3) is 3.04. The fourth-order valence-electron chi connectivity index (χ4n) is 2.23. The predicted octanol–water partition coefficient (Wildman–Crippen LogP) is 0.845. The lowest BCUT2D eigenvalue weighted by molar-refractivity contribution is -0.142. The Kier molecular flexibility index (Phi) is 3.73. The largest absolute Gasteiger partial charge is 0.481 e. The van der Waals surface area contributed by atoms with E-state index in [0.717, 1.165) is 0 Å². The van der Waals surface area contributed by atoms with Crippen LogP contribution in [0.25, 0.3) is 0 Å². The third-order valence-corrected chi connectivity index (χ3v) is 3.31. The van der Waals surface area contributed by atoms with E-state index in [-0.39, 0.29) is 25.0 Å². The van der Waals surface area contributed by atoms with E-state index in [0.29, 0.717) is 18.0 Å². The van der Waals surface area contributed by atoms with Gasteiger partial charge in [-0.15, -0.1) is 0 Å². The number of rotatable bonds is 3. The average Bonchev–Trinajstić information content (AvgIpc) is 2.92. The highest BCUT2D eigenvalue weighted by Gasteiger charge is 2.36. The van der Waals surface area contributed by atoms with Crippen molar-refractivity contribution in [1.82, 2.24) is 15.4 Å². The van der Waals surface area contributed by atoms with Crippen molar-refractivity contribution < 1.29 is 19.2 Å². The van der Waals surface area contributed by atoms with Crippen LogP contribution in [0.3, 0.4) is 0 Å². The molecule has 7 heteroatoms. The van der Waals surface area contributed by atoms with Crippen LogP contribution in [-0.2, 0) is 11.3 Å². The van der Waals surface area contributed by atoms with Crippen molar-refractivity contribution in [3.8, 4) is 0 Å². The molecular weight excluding hydrogens is 250 g/mol. The van der Waals surface area contributed by atoms with E-state index in [4.69, 9.17) is 9.63 Å². The van der Waals surface area contributed by atoms with Crippen LogP contribution in [0, 0.1) is 18.8 Å². The van der Waals surface area contributed by atoms with E-state index in [1.165, 1.54) is 4.90 Å². The fraction of sp³-hybridized carbons (Fsp3) is 0.583. The second-order valence-corrected chi connectivity index (χ2v) is 4.91. The quantitative estimate of drug-likeness (QED) is 0.846. The first kappa shape index (κ1) is 13.4. The summed E-state index contributed by atoms with van der Waals surface area (Å²) in [5.41, 5.74) is 0.646. The molecule has 7 nitrogen and oxygen atoms in total. The van der Waals surface area contributed by atoms with Crippen LogP contribution in [0.4, 0.5) is 4.79 Å². The van der Waals surface area contributed by atoms with Gasteiger partial charge in [0.25, 0.3) is 0 Å². The molecule has 0 radical (unpaired) electrons. The Bertz CT molecular complexity index is 485. The van der Waals surface area contributed by atoms with Crippen molar-refractivity contribution in [3.05, 3.63) is 17.5 Å². The Hall–Kier alpha value is -2.05. The van der Waals surface area contributed by atoms with E-state index < -0.39 is 11.9 Å². The minimum atomic E-state index is -0.852. The molecule has 2 heterocycles. The van der Waals surface area contributed by atoms with Crippen LogP contribution in [0.5, 0.6) is 0 Å². The number of aromatic nitrogens is 1. The molecule has 0 bridgehead atoms. The summed E-state index contributed by atoms with van der Waals surface area (Å²) in [6.07, 6.45) is 0. The molecule has 0 saturated carbocycles. The second-order valence-electron chi connectivity index (χ2n) is 4.91. The second kappa shape index (κ2) is 5.29. The molecule has 2 amide bonds. The highest BCUT2D eigenvalue weighted by atomic mass is 16.5. The average molecular weight is 267 g/mol. The number of carbonyl (C=O) groups is 2. The highest BCUT2D eigenvalue weighted by molar-refractivity contribution is 5.77. The molecule has 19 heavy (non-hydrogen) atoms. The van der Waals surface area contributed by atoms with Crippen molar-refractivity contribution >= 4 is 12.0 Å². The van der Waals surface area contributed by atoms with Crippen LogP contribution in [-0.4, -0.2) is 40.3 Å². The molecule has 1 aromatic heterocycles. The van der Waals surface area contributed by atoms with E-state index in [1.807, 2.05) is 6.92 Å². The summed E-state index contributed by atoms with van der Waals surface area (Å²) in [5, 5.41) is 15.5. The molecule has 0 unspecified atom stereocenters. The number of carbonyl (C=O) groups excluding carboxylic acids is 1. The van der Waals surface area contributed by atoms with Gasteiger partial charge in [-0.1, -0.05) is 12.1 Å². The summed E-state index contributed by atoms with van der Waals surface area (Å²) in [6.45, 7) is 4.60. The smallest absolute Gasteiger partial charge is 0.317 e. The predicted molar refractivity (Wildman–Crippen MR) is 65.3 cm³/mol. The topological polar surface area (TPSA) is 95.7 Å². The summed E-state index contributed by atoms with van der Waals surface area (Å²) in [5.74, 6) is -0.683. The van der Waals surface area contributed by atoms with Gasteiger partial charge in [0.1, 0.15) is 11.5 Å². The van der Waals surface area contributed by atoms with Crippen molar-refractivity contribution in [3.63, 3.8) is 0 Å². The fourth-order valence-corrected chi connectivity index (χ4v) is 2.23. The maximum absolute atomic E-state index is 11.9. The first-order chi connectivity index (χ1) is 8.97. The normalized spacial score (nSPS) is 22.5. The Labute approximate surface area is 110 Å². The number of hydrogen-bond acceptors (Lipinski definition) is 4. The van der Waals surface area contributed by atoms with Crippen LogP contribution in [0.15, 0.2) is 10.6 Å². The number of nitrogens with zero attached hydrogens (tertiary/aromatic N) is 2. The zero-order valence-corrected chi connectivity index (χ0v) is 10.9. The van der Waals surface area contributed by atoms with Crippen LogP contribution in [0.1, 0.15) is 18.4 Å². The SMILES string of the molecule is Cc1cc(CNC(=O)N2C[C@@H](C)[C@H](C(=O)O)C2)no1. The number of carboxylic acid groups (broad SMARTS) is 1. The van der Waals surface area contributed by atoms with Gasteiger partial charge in [-0.25, -0.2) is 4.79 Å². The summed E-state index contributed by atoms with van der Waals surface area (Å²) in [4.78, 5) is 24.4. The van der Waals surface area contributed by atoms with Gasteiger partial charge in [0.2, 0.25) is 0 Å². The number of urea groups is 1. The van der Waals surface area contributed by atoms with Gasteiger partial charge >= 0.3 is 12.0 Å². The summed E-state index contributed by atoms with van der Waals surface area (Å²) < 4.78 is 4.90. The summed E-state index contributed by atoms with van der Waals surface area (Å²) in [6, 6.07) is 1.48. The van der Waals surface area contributed by atoms with Gasteiger partial charge in [0, 0.05) is 19.2 Å². The number of amides is 2. The third-order valence-electron chi connectivity index (χ3n) is 3.31. The van der Waals surface area contributed by atoms with Gasteiger partial charge < -0.3 is 19.8 Å². The summed E-state index contributed by atoms with van der Waals surface area (Å²) in [7, 11) is 0. The lowest BCUT2D eigenvalue weighted by atomic mass is 9.99. The van der Waals surface area contributed by atoms with Gasteiger partial charge in [-0.2, -0.15) is 0 Å². The molecule has 2 N–H and O–H groups in total. The zero-order chi connectivity index (χ0) is 14.0. The van der Waals surface area contributed by atoms with Crippen molar-refractivity contribution in [1.29, 1.82) is 0 Å². The number of hydrogen-bond donors (Lipinski definition) is 2. The Balaban J connectivity index is 1.86. The Morgan fingerprint density at radius 1 is 1.58 bits per heavy atom. The molecule has 1 fully saturated rings. The van der Waals surface area contributed by atoms with Gasteiger partial charge in [-0.3, -0.25) is 4.79 Å². The van der Waals surface area contributed by atoms with Crippen molar-refractivity contribution in [2.75, 3.05) is 13.1 Å². The lowest BCUT2D eigenvalue weighted by Gasteiger charge is -2.16. The standard InChI is InChI=1S/C12H17N3O4/c1-7-5-15(6-10(7)11(16)17)12(18)13-4-9-3-8(2)19-14-9/h3,7,10H,4-6H2,1-2H3,(H,13,18)(H,16,17)/t7-,10-/m1/s1. The molecule has 1 aliphatic heterocycles. The molecule has 0 spiro atoms. The molecule has 1 aromatic rings. The first-order valence-corrected chi connectivity index (χ1v) is 6.15. The van der Waals surface area contributed by atoms with Gasteiger partial charge in [-0.05, 0) is 12.8 Å². The van der Waals surface area contributed by atoms with Crippen LogP contribution in [0.2, 0.25) is 0 Å². The van der Waals surface area contributed by atoms with Gasteiger partial charge in [0.15, 0.2) is 0 Å². The minimum absolute atomic E-state index is 0.0301. The molecule has 104 valence electrons. The molecule has 1 saturated heterocycles. The number of likely N-dealkylation sites (tertiary alicyclic amines) is 1. The Morgan fingerprint density at radius 3 is 2.84 bits per heavy atom. The zero-order valence-electron chi connectivity index (χ0n) is 10.9. The minimum Gasteiger partial charge on any atom is -0.481 e. The highest BCUT2D eigenvalue weighted by Crippen LogP contribution is 2.23. The number of aliphatic carboxylic acids is 1. The van der Waals surface area contributed by atoms with Crippen molar-refractivity contribution in [2.24, 2.45) is 11.8 Å². The molecular formula is C12H17N3O4. The Morgan fingerprint density at radius 2 is 2.32 bits per heavy atom. The van der Waals surface area contributed by atoms with E-state index in [9.17, 15) is 9.59 Å². The molecule has 2 atom stereocenters. The van der Waals surface area contributed by atoms with E-state index >= 15 is 0 Å². The number of carboxylic acids is 1. The van der Waals surface area contributed by atoms with E-state index in [2.05, 4.69) is 10.5 Å². The number of aryl methyl sites for hydroxylation is 1. The monoisotopic (exact) mass is 267 g/mol. The van der Waals surface area contributed by atoms with Crippen molar-refractivity contribution in [2.45, 2.75) is 20.4 Å². The molecule has 0 aromatic carbocycles. The van der Waals surface area contributed by atoms with E-state index in [1.54, 1.807) is 13.0 Å². The summed E-state index contributed by atoms with van der Waals surface area (Å²) >= 11 is 0. The first-order valence-electron chi connectivity index (χ1n) is 6.15. The lowest BCUT2D eigenvalue weighted by Crippen LogP contribution is -2.38. The molecule has 2 rings (SSSR count).